The Kier molecular flexibility index (Phi) is 7.63. The maximum absolute atomic E-state index is 13.7. The topological polar surface area (TPSA) is 38.3 Å². The highest BCUT2D eigenvalue weighted by atomic mass is 35.5. The number of carbonyl (C=O) groups excluding carboxylic acids is 1. The Balaban J connectivity index is 1.60. The van der Waals surface area contributed by atoms with Crippen molar-refractivity contribution >= 4 is 23.3 Å². The lowest BCUT2D eigenvalue weighted by molar-refractivity contribution is -0.157. The molecule has 178 valence electrons. The van der Waals surface area contributed by atoms with Crippen LogP contribution in [0.4, 0.5) is 5.69 Å². The molecule has 4 heteroatoms. The molecule has 4 rings (SSSR count). The van der Waals surface area contributed by atoms with Crippen LogP contribution in [0.5, 0.6) is 0 Å². The van der Waals surface area contributed by atoms with Crippen LogP contribution in [0.1, 0.15) is 57.2 Å². The first kappa shape index (κ1) is 24.3. The summed E-state index contributed by atoms with van der Waals surface area (Å²) in [5.74, 6) is 0.522. The van der Waals surface area contributed by atoms with Gasteiger partial charge in [0.2, 0.25) is 0 Å². The van der Waals surface area contributed by atoms with E-state index in [0.717, 1.165) is 30.5 Å². The Morgan fingerprint density at radius 3 is 2.32 bits per heavy atom. The Hall–Kier alpha value is -2.78. The number of halogens is 1. The molecule has 0 heterocycles. The molecular formula is C30H34ClNO2. The van der Waals surface area contributed by atoms with E-state index in [2.05, 4.69) is 50.4 Å². The summed E-state index contributed by atoms with van der Waals surface area (Å²) in [4.78, 5) is 13.7. The van der Waals surface area contributed by atoms with Gasteiger partial charge in [-0.1, -0.05) is 106 Å². The van der Waals surface area contributed by atoms with Gasteiger partial charge in [0.25, 0.3) is 0 Å². The molecule has 0 aliphatic heterocycles. The summed E-state index contributed by atoms with van der Waals surface area (Å²) in [6.45, 7) is 6.82. The number of benzene rings is 3. The van der Waals surface area contributed by atoms with Gasteiger partial charge in [0, 0.05) is 16.6 Å². The van der Waals surface area contributed by atoms with Crippen molar-refractivity contribution in [2.75, 3.05) is 5.32 Å². The van der Waals surface area contributed by atoms with E-state index >= 15 is 0 Å². The fraction of sp³-hybridized carbons (Fsp3) is 0.367. The lowest BCUT2D eigenvalue weighted by atomic mass is 9.64. The second-order valence-electron chi connectivity index (χ2n) is 10.1. The number of nitrogens with one attached hydrogen (secondary N) is 1. The predicted molar refractivity (Wildman–Crippen MR) is 140 cm³/mol. The molecule has 0 saturated heterocycles. The van der Waals surface area contributed by atoms with Crippen molar-refractivity contribution in [3.05, 3.63) is 101 Å². The van der Waals surface area contributed by atoms with Crippen LogP contribution in [-0.4, -0.2) is 12.1 Å². The lowest BCUT2D eigenvalue weighted by Gasteiger charge is -2.44. The Morgan fingerprint density at radius 2 is 1.65 bits per heavy atom. The average molecular weight is 476 g/mol. The van der Waals surface area contributed by atoms with Crippen LogP contribution in [-0.2, 0) is 14.9 Å². The van der Waals surface area contributed by atoms with Gasteiger partial charge < -0.3 is 10.1 Å². The largest absolute Gasteiger partial charge is 0.460 e. The fourth-order valence-corrected chi connectivity index (χ4v) is 5.44. The van der Waals surface area contributed by atoms with Gasteiger partial charge in [-0.05, 0) is 53.5 Å². The lowest BCUT2D eigenvalue weighted by Crippen LogP contribution is -2.44. The van der Waals surface area contributed by atoms with E-state index in [1.54, 1.807) is 0 Å². The minimum Gasteiger partial charge on any atom is -0.460 e. The van der Waals surface area contributed by atoms with E-state index in [9.17, 15) is 4.79 Å². The van der Waals surface area contributed by atoms with Gasteiger partial charge >= 0.3 is 5.97 Å². The molecule has 0 radical (unpaired) electrons. The van der Waals surface area contributed by atoms with E-state index in [1.165, 1.54) is 5.56 Å². The Labute approximate surface area is 208 Å². The first-order valence-corrected chi connectivity index (χ1v) is 12.6. The zero-order valence-electron chi connectivity index (χ0n) is 20.2. The molecule has 0 aromatic heterocycles. The quantitative estimate of drug-likeness (QED) is 0.354. The number of ether oxygens (including phenoxy) is 1. The van der Waals surface area contributed by atoms with Crippen molar-refractivity contribution in [1.29, 1.82) is 0 Å². The van der Waals surface area contributed by atoms with Crippen LogP contribution in [0, 0.1) is 11.8 Å². The van der Waals surface area contributed by atoms with E-state index < -0.39 is 6.04 Å². The smallest absolute Gasteiger partial charge is 0.333 e. The Bertz CT molecular complexity index is 1080. The minimum atomic E-state index is -0.614. The summed E-state index contributed by atoms with van der Waals surface area (Å²) < 4.78 is 6.37. The molecule has 3 aromatic rings. The highest BCUT2D eigenvalue weighted by Crippen LogP contribution is 2.44. The number of hydrogen-bond donors (Lipinski definition) is 1. The Morgan fingerprint density at radius 1 is 0.971 bits per heavy atom. The molecule has 3 aromatic carbocycles. The summed E-state index contributed by atoms with van der Waals surface area (Å²) in [6.07, 6.45) is 2.93. The first-order chi connectivity index (χ1) is 16.3. The normalized spacial score (nSPS) is 21.5. The summed E-state index contributed by atoms with van der Waals surface area (Å²) in [6, 6.07) is 27.2. The van der Waals surface area contributed by atoms with Gasteiger partial charge in [-0.2, -0.15) is 0 Å². The van der Waals surface area contributed by atoms with Crippen molar-refractivity contribution in [2.24, 2.45) is 11.8 Å². The van der Waals surface area contributed by atoms with Crippen LogP contribution >= 0.6 is 11.6 Å². The molecule has 1 saturated carbocycles. The molecule has 4 atom stereocenters. The summed E-state index contributed by atoms with van der Waals surface area (Å²) in [5, 5.41) is 3.98. The van der Waals surface area contributed by atoms with Crippen molar-refractivity contribution < 1.29 is 9.53 Å². The van der Waals surface area contributed by atoms with E-state index in [-0.39, 0.29) is 23.4 Å². The molecule has 1 fully saturated rings. The third-order valence-corrected chi connectivity index (χ3v) is 7.51. The van der Waals surface area contributed by atoms with E-state index in [4.69, 9.17) is 16.3 Å². The maximum Gasteiger partial charge on any atom is 0.333 e. The molecule has 0 bridgehead atoms. The monoisotopic (exact) mass is 475 g/mol. The van der Waals surface area contributed by atoms with E-state index in [1.807, 2.05) is 60.7 Å². The van der Waals surface area contributed by atoms with Crippen LogP contribution < -0.4 is 5.32 Å². The SMILES string of the molecule is C[C@@H]1CC[C@@H](C(C)(C)c2ccccc2)[C@H](OC(=O)[C@H](Nc2cccc(Cl)c2)c2ccccc2)C1. The van der Waals surface area contributed by atoms with Crippen LogP contribution in [0.25, 0.3) is 0 Å². The van der Waals surface area contributed by atoms with E-state index in [0.29, 0.717) is 10.9 Å². The molecule has 1 aliphatic carbocycles. The zero-order chi connectivity index (χ0) is 24.1. The van der Waals surface area contributed by atoms with Crippen LogP contribution in [0.3, 0.4) is 0 Å². The highest BCUT2D eigenvalue weighted by Gasteiger charge is 2.42. The van der Waals surface area contributed by atoms with Crippen molar-refractivity contribution in [3.8, 4) is 0 Å². The fourth-order valence-electron chi connectivity index (χ4n) is 5.25. The molecule has 1 aliphatic rings. The molecule has 1 N–H and O–H groups in total. The summed E-state index contributed by atoms with van der Waals surface area (Å²) in [7, 11) is 0. The molecule has 0 spiro atoms. The van der Waals surface area contributed by atoms with Gasteiger partial charge in [-0.3, -0.25) is 0 Å². The second-order valence-corrected chi connectivity index (χ2v) is 10.5. The molecule has 3 nitrogen and oxygen atoms in total. The van der Waals surface area contributed by atoms with Crippen LogP contribution in [0.2, 0.25) is 5.02 Å². The number of anilines is 1. The minimum absolute atomic E-state index is 0.102. The predicted octanol–water partition coefficient (Wildman–Crippen LogP) is 7.82. The average Bonchev–Trinajstić information content (AvgIpc) is 2.83. The van der Waals surface area contributed by atoms with Gasteiger partial charge in [-0.15, -0.1) is 0 Å². The van der Waals surface area contributed by atoms with Crippen molar-refractivity contribution in [1.82, 2.24) is 0 Å². The molecule has 0 amide bonds. The van der Waals surface area contributed by atoms with Crippen LogP contribution in [0.15, 0.2) is 84.9 Å². The van der Waals surface area contributed by atoms with Crippen molar-refractivity contribution in [3.63, 3.8) is 0 Å². The summed E-state index contributed by atoms with van der Waals surface area (Å²) >= 11 is 6.20. The maximum atomic E-state index is 13.7. The first-order valence-electron chi connectivity index (χ1n) is 12.2. The van der Waals surface area contributed by atoms with Gasteiger partial charge in [-0.25, -0.2) is 4.79 Å². The summed E-state index contributed by atoms with van der Waals surface area (Å²) in [5.41, 5.74) is 2.84. The second kappa shape index (κ2) is 10.7. The number of carbonyl (C=O) groups is 1. The standard InChI is InChI=1S/C30H34ClNO2/c1-21-17-18-26(30(2,3)23-13-8-5-9-14-23)27(19-21)34-29(33)28(22-11-6-4-7-12-22)32-25-16-10-15-24(31)20-25/h4-16,20-21,26-28,32H,17-19H2,1-3H3/t21-,26-,27-,28-/m1/s1. The molecule has 0 unspecified atom stereocenters. The third kappa shape index (κ3) is 5.64. The van der Waals surface area contributed by atoms with Gasteiger partial charge in [0.05, 0.1) is 0 Å². The number of rotatable bonds is 7. The zero-order valence-corrected chi connectivity index (χ0v) is 21.0. The molecular weight excluding hydrogens is 442 g/mol. The van der Waals surface area contributed by atoms with Crippen molar-refractivity contribution in [2.45, 2.75) is 57.6 Å². The molecule has 34 heavy (non-hydrogen) atoms. The number of hydrogen-bond acceptors (Lipinski definition) is 3. The third-order valence-electron chi connectivity index (χ3n) is 7.27. The van der Waals surface area contributed by atoms with Gasteiger partial charge in [0.1, 0.15) is 6.10 Å². The highest BCUT2D eigenvalue weighted by molar-refractivity contribution is 6.30. The number of esters is 1. The van der Waals surface area contributed by atoms with Gasteiger partial charge in [0.15, 0.2) is 6.04 Å².